The molecule has 0 aliphatic heterocycles. The molecule has 0 spiro atoms. The average molecular weight is 236 g/mol. The molecule has 16 heavy (non-hydrogen) atoms. The van der Waals surface area contributed by atoms with Crippen LogP contribution in [0.3, 0.4) is 0 Å². The van der Waals surface area contributed by atoms with E-state index in [4.69, 9.17) is 0 Å². The van der Waals surface area contributed by atoms with Crippen molar-refractivity contribution in [2.75, 3.05) is 20.0 Å². The van der Waals surface area contributed by atoms with Crippen LogP contribution in [0, 0.1) is 11.2 Å². The summed E-state index contributed by atoms with van der Waals surface area (Å²) in [5, 5.41) is 9.68. The zero-order chi connectivity index (χ0) is 12.2. The van der Waals surface area contributed by atoms with Crippen molar-refractivity contribution < 1.29 is 22.7 Å². The van der Waals surface area contributed by atoms with E-state index in [0.717, 1.165) is 12.1 Å². The summed E-state index contributed by atoms with van der Waals surface area (Å²) in [7, 11) is 0. The monoisotopic (exact) mass is 236 g/mol. The SMILES string of the molecule is OC(c1ccc(F)cc1)C(CF)(CF)CF. The summed E-state index contributed by atoms with van der Waals surface area (Å²) in [6.07, 6.45) is -1.63. The van der Waals surface area contributed by atoms with E-state index >= 15 is 0 Å². The highest BCUT2D eigenvalue weighted by Crippen LogP contribution is 2.35. The first kappa shape index (κ1) is 13.0. The van der Waals surface area contributed by atoms with Crippen molar-refractivity contribution in [2.45, 2.75) is 6.10 Å². The van der Waals surface area contributed by atoms with E-state index in [1.807, 2.05) is 0 Å². The van der Waals surface area contributed by atoms with Gasteiger partial charge in [0.25, 0.3) is 0 Å². The summed E-state index contributed by atoms with van der Waals surface area (Å²) in [4.78, 5) is 0. The van der Waals surface area contributed by atoms with Gasteiger partial charge in [-0.05, 0) is 17.7 Å². The van der Waals surface area contributed by atoms with Crippen molar-refractivity contribution in [1.82, 2.24) is 0 Å². The third-order valence-corrected chi connectivity index (χ3v) is 2.56. The minimum Gasteiger partial charge on any atom is -0.388 e. The Hall–Kier alpha value is -1.10. The zero-order valence-electron chi connectivity index (χ0n) is 8.47. The molecule has 0 radical (unpaired) electrons. The largest absolute Gasteiger partial charge is 0.388 e. The molecule has 1 nitrogen and oxygen atoms in total. The van der Waals surface area contributed by atoms with Crippen LogP contribution >= 0.6 is 0 Å². The summed E-state index contributed by atoms with van der Waals surface area (Å²) < 4.78 is 50.4. The number of alkyl halides is 3. The third kappa shape index (κ3) is 2.35. The van der Waals surface area contributed by atoms with Crippen molar-refractivity contribution in [1.29, 1.82) is 0 Å². The zero-order valence-corrected chi connectivity index (χ0v) is 8.47. The minimum atomic E-state index is -2.09. The van der Waals surface area contributed by atoms with Gasteiger partial charge in [-0.1, -0.05) is 12.1 Å². The topological polar surface area (TPSA) is 20.2 Å². The van der Waals surface area contributed by atoms with E-state index in [-0.39, 0.29) is 5.56 Å². The molecule has 0 aromatic heterocycles. The first-order valence-corrected chi connectivity index (χ1v) is 4.71. The molecule has 0 aliphatic carbocycles. The fraction of sp³-hybridized carbons (Fsp3) is 0.455. The Morgan fingerprint density at radius 3 is 1.81 bits per heavy atom. The first-order valence-electron chi connectivity index (χ1n) is 4.71. The lowest BCUT2D eigenvalue weighted by atomic mass is 9.82. The van der Waals surface area contributed by atoms with Crippen molar-refractivity contribution in [3.63, 3.8) is 0 Å². The van der Waals surface area contributed by atoms with E-state index in [0.29, 0.717) is 0 Å². The summed E-state index contributed by atoms with van der Waals surface area (Å²) in [6, 6.07) is 4.43. The van der Waals surface area contributed by atoms with Gasteiger partial charge in [-0.15, -0.1) is 0 Å². The molecule has 0 amide bonds. The van der Waals surface area contributed by atoms with Crippen LogP contribution < -0.4 is 0 Å². The van der Waals surface area contributed by atoms with Gasteiger partial charge >= 0.3 is 0 Å². The number of rotatable bonds is 5. The Morgan fingerprint density at radius 1 is 1.00 bits per heavy atom. The summed E-state index contributed by atoms with van der Waals surface area (Å²) in [5.41, 5.74) is -1.99. The molecule has 0 aliphatic rings. The van der Waals surface area contributed by atoms with Crippen molar-refractivity contribution in [2.24, 2.45) is 5.41 Å². The summed E-state index contributed by atoms with van der Waals surface area (Å²) >= 11 is 0. The molecule has 1 aromatic rings. The Balaban J connectivity index is 2.98. The molecule has 90 valence electrons. The van der Waals surface area contributed by atoms with Crippen LogP contribution in [0.2, 0.25) is 0 Å². The molecule has 0 heterocycles. The smallest absolute Gasteiger partial charge is 0.123 e. The second-order valence-electron chi connectivity index (χ2n) is 3.72. The van der Waals surface area contributed by atoms with Crippen LogP contribution in [-0.2, 0) is 0 Å². The molecule has 1 atom stereocenters. The van der Waals surface area contributed by atoms with Crippen molar-refractivity contribution >= 4 is 0 Å². The maximum atomic E-state index is 12.6. The van der Waals surface area contributed by atoms with Gasteiger partial charge in [0, 0.05) is 0 Å². The molecule has 1 aromatic carbocycles. The van der Waals surface area contributed by atoms with Gasteiger partial charge in [0.15, 0.2) is 0 Å². The van der Waals surface area contributed by atoms with Gasteiger partial charge in [0.2, 0.25) is 0 Å². The van der Waals surface area contributed by atoms with E-state index in [1.165, 1.54) is 12.1 Å². The van der Waals surface area contributed by atoms with Crippen LogP contribution in [0.15, 0.2) is 24.3 Å². The normalized spacial score (nSPS) is 13.8. The van der Waals surface area contributed by atoms with Gasteiger partial charge in [0.1, 0.15) is 25.8 Å². The van der Waals surface area contributed by atoms with Gasteiger partial charge in [-0.25, -0.2) is 4.39 Å². The molecule has 5 heteroatoms. The average Bonchev–Trinajstić information content (AvgIpc) is 2.33. The molecule has 0 bridgehead atoms. The highest BCUT2D eigenvalue weighted by atomic mass is 19.2. The molecular weight excluding hydrogens is 224 g/mol. The van der Waals surface area contributed by atoms with Gasteiger partial charge < -0.3 is 5.11 Å². The van der Waals surface area contributed by atoms with Crippen LogP contribution in [0.5, 0.6) is 0 Å². The van der Waals surface area contributed by atoms with Crippen molar-refractivity contribution in [3.8, 4) is 0 Å². The van der Waals surface area contributed by atoms with E-state index < -0.39 is 37.4 Å². The maximum absolute atomic E-state index is 12.6. The van der Waals surface area contributed by atoms with E-state index in [9.17, 15) is 22.7 Å². The number of hydrogen-bond acceptors (Lipinski definition) is 1. The Bertz CT molecular complexity index is 313. The van der Waals surface area contributed by atoms with Crippen LogP contribution in [0.1, 0.15) is 11.7 Å². The fourth-order valence-electron chi connectivity index (χ4n) is 1.33. The minimum absolute atomic E-state index is 0.0920. The lowest BCUT2D eigenvalue weighted by Gasteiger charge is -2.30. The highest BCUT2D eigenvalue weighted by molar-refractivity contribution is 5.21. The summed E-state index contributed by atoms with van der Waals surface area (Å²) in [6.45, 7) is -3.96. The van der Waals surface area contributed by atoms with Gasteiger partial charge in [-0.2, -0.15) is 0 Å². The number of aliphatic hydroxyl groups excluding tert-OH is 1. The quantitative estimate of drug-likeness (QED) is 0.779. The summed E-state index contributed by atoms with van der Waals surface area (Å²) in [5.74, 6) is -0.540. The predicted molar refractivity (Wildman–Crippen MR) is 51.7 cm³/mol. The van der Waals surface area contributed by atoms with Crippen LogP contribution in [0.4, 0.5) is 17.6 Å². The number of aliphatic hydroxyl groups is 1. The number of hydrogen-bond donors (Lipinski definition) is 1. The van der Waals surface area contributed by atoms with Crippen LogP contribution in [0.25, 0.3) is 0 Å². The van der Waals surface area contributed by atoms with E-state index in [2.05, 4.69) is 0 Å². The Labute approximate surface area is 90.7 Å². The molecule has 1 unspecified atom stereocenters. The Morgan fingerprint density at radius 2 is 1.44 bits per heavy atom. The van der Waals surface area contributed by atoms with Crippen molar-refractivity contribution in [3.05, 3.63) is 35.6 Å². The molecule has 0 fully saturated rings. The maximum Gasteiger partial charge on any atom is 0.123 e. The van der Waals surface area contributed by atoms with Gasteiger partial charge in [0.05, 0.1) is 11.5 Å². The van der Waals surface area contributed by atoms with Gasteiger partial charge in [-0.3, -0.25) is 13.2 Å². The standard InChI is InChI=1S/C11H12F4O/c12-5-11(6-13,7-14)10(16)8-1-3-9(15)4-2-8/h1-4,10,16H,5-7H2. The van der Waals surface area contributed by atoms with Crippen LogP contribution in [-0.4, -0.2) is 25.1 Å². The number of halogens is 4. The second kappa shape index (κ2) is 5.30. The second-order valence-corrected chi connectivity index (χ2v) is 3.72. The molecule has 0 saturated carbocycles. The molecule has 1 rings (SSSR count). The lowest BCUT2D eigenvalue weighted by molar-refractivity contribution is -0.0300. The lowest BCUT2D eigenvalue weighted by Crippen LogP contribution is -2.36. The predicted octanol–water partition coefficient (Wildman–Crippen LogP) is 2.75. The molecular formula is C11H12F4O. The molecule has 1 N–H and O–H groups in total. The number of benzene rings is 1. The third-order valence-electron chi connectivity index (χ3n) is 2.56. The first-order chi connectivity index (χ1) is 7.59. The fourth-order valence-corrected chi connectivity index (χ4v) is 1.33. The highest BCUT2D eigenvalue weighted by Gasteiger charge is 2.40. The van der Waals surface area contributed by atoms with E-state index in [1.54, 1.807) is 0 Å². The Kier molecular flexibility index (Phi) is 4.29. The molecule has 0 saturated heterocycles.